The summed E-state index contributed by atoms with van der Waals surface area (Å²) in [6.45, 7) is 3.33. The molecule has 0 aliphatic carbocycles. The first-order valence-corrected chi connectivity index (χ1v) is 9.26. The number of nitrogens with one attached hydrogen (secondary N) is 1. The zero-order valence-electron chi connectivity index (χ0n) is 14.4. The number of hydrogen-bond acceptors (Lipinski definition) is 4. The van der Waals surface area contributed by atoms with E-state index in [0.717, 1.165) is 10.0 Å². The van der Waals surface area contributed by atoms with E-state index < -0.39 is 11.6 Å². The molecule has 0 radical (unpaired) electrons. The third-order valence-corrected chi connectivity index (χ3v) is 4.97. The van der Waals surface area contributed by atoms with Crippen LogP contribution in [-0.4, -0.2) is 26.0 Å². The summed E-state index contributed by atoms with van der Waals surface area (Å²) in [6.07, 6.45) is 2.26. The maximum Gasteiger partial charge on any atom is 0.240 e. The van der Waals surface area contributed by atoms with E-state index in [9.17, 15) is 4.79 Å². The molecule has 0 spiro atoms. The molecule has 1 atom stereocenters. The van der Waals surface area contributed by atoms with E-state index in [4.69, 9.17) is 17.3 Å². The van der Waals surface area contributed by atoms with E-state index in [1.54, 1.807) is 36.6 Å². The number of fused-ring (bicyclic) bond motifs is 1. The summed E-state index contributed by atoms with van der Waals surface area (Å²) >= 11 is 9.68. The van der Waals surface area contributed by atoms with Crippen LogP contribution in [-0.2, 0) is 11.2 Å². The number of rotatable bonds is 5. The van der Waals surface area contributed by atoms with Gasteiger partial charge in [-0.1, -0.05) is 53.2 Å². The van der Waals surface area contributed by atoms with E-state index in [-0.39, 0.29) is 13.3 Å². The van der Waals surface area contributed by atoms with Crippen molar-refractivity contribution in [1.29, 1.82) is 0 Å². The zero-order valence-corrected chi connectivity index (χ0v) is 16.8. The van der Waals surface area contributed by atoms with Crippen LogP contribution in [0.4, 0.5) is 0 Å². The summed E-state index contributed by atoms with van der Waals surface area (Å²) in [4.78, 5) is 12.5. The SMILES string of the molecule is C.CC(C)(N)C(=O)N[C@H](Cc1ccccc1Br)c1nnc2ccc(Cl)cn12. The van der Waals surface area contributed by atoms with Crippen LogP contribution in [0.2, 0.25) is 5.02 Å². The van der Waals surface area contributed by atoms with Crippen molar-refractivity contribution in [2.45, 2.75) is 39.3 Å². The number of benzene rings is 1. The molecule has 0 fully saturated rings. The topological polar surface area (TPSA) is 85.3 Å². The van der Waals surface area contributed by atoms with Gasteiger partial charge in [0.25, 0.3) is 0 Å². The predicted octanol–water partition coefficient (Wildman–Crippen LogP) is 3.92. The van der Waals surface area contributed by atoms with Gasteiger partial charge in [-0.2, -0.15) is 0 Å². The van der Waals surface area contributed by atoms with Gasteiger partial charge >= 0.3 is 0 Å². The summed E-state index contributed by atoms with van der Waals surface area (Å²) in [6, 6.07) is 11.0. The summed E-state index contributed by atoms with van der Waals surface area (Å²) in [5, 5.41) is 12.0. The van der Waals surface area contributed by atoms with Crippen LogP contribution in [0.3, 0.4) is 0 Å². The van der Waals surface area contributed by atoms with Gasteiger partial charge in [-0.15, -0.1) is 10.2 Å². The highest BCUT2D eigenvalue weighted by Crippen LogP contribution is 2.24. The summed E-state index contributed by atoms with van der Waals surface area (Å²) < 4.78 is 2.74. The monoisotopic (exact) mass is 451 g/mol. The highest BCUT2D eigenvalue weighted by Gasteiger charge is 2.28. The fourth-order valence-corrected chi connectivity index (χ4v) is 3.16. The van der Waals surface area contributed by atoms with E-state index in [2.05, 4.69) is 31.4 Å². The number of halogens is 2. The molecule has 0 unspecified atom stereocenters. The lowest BCUT2D eigenvalue weighted by Gasteiger charge is -2.24. The first-order valence-electron chi connectivity index (χ1n) is 8.09. The molecule has 3 rings (SSSR count). The van der Waals surface area contributed by atoms with Crippen molar-refractivity contribution in [3.8, 4) is 0 Å². The Kier molecular flexibility index (Phi) is 6.62. The second-order valence-corrected chi connectivity index (χ2v) is 7.97. The molecule has 2 heterocycles. The lowest BCUT2D eigenvalue weighted by molar-refractivity contribution is -0.126. The molecule has 3 aromatic rings. The average Bonchev–Trinajstić information content (AvgIpc) is 2.98. The highest BCUT2D eigenvalue weighted by molar-refractivity contribution is 9.10. The Labute approximate surface area is 172 Å². The smallest absolute Gasteiger partial charge is 0.240 e. The van der Waals surface area contributed by atoms with Crippen molar-refractivity contribution < 1.29 is 4.79 Å². The van der Waals surface area contributed by atoms with Crippen molar-refractivity contribution in [3.05, 3.63) is 63.5 Å². The maximum absolute atomic E-state index is 12.5. The summed E-state index contributed by atoms with van der Waals surface area (Å²) in [5.74, 6) is 0.323. The normalized spacial score (nSPS) is 12.5. The molecule has 3 N–H and O–H groups in total. The number of aromatic nitrogens is 3. The van der Waals surface area contributed by atoms with Crippen molar-refractivity contribution in [2.75, 3.05) is 0 Å². The number of pyridine rings is 1. The fourth-order valence-electron chi connectivity index (χ4n) is 2.56. The molecule has 2 aromatic heterocycles. The minimum Gasteiger partial charge on any atom is -0.344 e. The van der Waals surface area contributed by atoms with Crippen molar-refractivity contribution in [2.24, 2.45) is 5.73 Å². The highest BCUT2D eigenvalue weighted by atomic mass is 79.9. The number of amides is 1. The average molecular weight is 453 g/mol. The molecule has 27 heavy (non-hydrogen) atoms. The van der Waals surface area contributed by atoms with Gasteiger partial charge in [0.15, 0.2) is 11.5 Å². The van der Waals surface area contributed by atoms with Gasteiger partial charge in [0, 0.05) is 17.1 Å². The predicted molar refractivity (Wildman–Crippen MR) is 112 cm³/mol. The third-order valence-electron chi connectivity index (χ3n) is 3.98. The molecule has 0 saturated heterocycles. The third kappa shape index (κ3) is 4.86. The molecule has 0 aliphatic rings. The number of carbonyl (C=O) groups excluding carboxylic acids is 1. The number of carbonyl (C=O) groups is 1. The van der Waals surface area contributed by atoms with Gasteiger partial charge in [0.1, 0.15) is 0 Å². The van der Waals surface area contributed by atoms with Gasteiger partial charge in [-0.25, -0.2) is 0 Å². The van der Waals surface area contributed by atoms with Crippen LogP contribution in [0.1, 0.15) is 38.7 Å². The van der Waals surface area contributed by atoms with Gasteiger partial charge in [-0.3, -0.25) is 9.20 Å². The Morgan fingerprint density at radius 1 is 1.30 bits per heavy atom. The Morgan fingerprint density at radius 2 is 2.00 bits per heavy atom. The van der Waals surface area contributed by atoms with Crippen LogP contribution in [0.5, 0.6) is 0 Å². The first-order chi connectivity index (χ1) is 12.3. The molecule has 0 aliphatic heterocycles. The largest absolute Gasteiger partial charge is 0.344 e. The minimum atomic E-state index is -1.01. The molecule has 6 nitrogen and oxygen atoms in total. The van der Waals surface area contributed by atoms with Crippen LogP contribution in [0.25, 0.3) is 5.65 Å². The van der Waals surface area contributed by atoms with E-state index in [1.807, 2.05) is 24.3 Å². The molecular weight excluding hydrogens is 430 g/mol. The zero-order chi connectivity index (χ0) is 18.9. The molecule has 0 bridgehead atoms. The van der Waals surface area contributed by atoms with Gasteiger partial charge in [0.05, 0.1) is 16.6 Å². The number of hydrogen-bond donors (Lipinski definition) is 2. The number of nitrogens with zero attached hydrogens (tertiary/aromatic N) is 3. The minimum absolute atomic E-state index is 0. The molecule has 8 heteroatoms. The molecule has 144 valence electrons. The fraction of sp³-hybridized carbons (Fsp3) is 0.316. The molecule has 1 amide bonds. The standard InChI is InChI=1S/C18H19BrClN5O.CH4/c1-18(2,21)17(26)22-14(9-11-5-3-4-6-13(11)19)16-24-23-15-8-7-12(20)10-25(15)16;/h3-8,10,14H,9,21H2,1-2H3,(H,22,26);1H4/t14-;/m1./s1. The van der Waals surface area contributed by atoms with Gasteiger partial charge < -0.3 is 11.1 Å². The quantitative estimate of drug-likeness (QED) is 0.614. The van der Waals surface area contributed by atoms with Gasteiger partial charge in [-0.05, 0) is 37.6 Å². The van der Waals surface area contributed by atoms with Crippen LogP contribution >= 0.6 is 27.5 Å². The molecule has 0 saturated carbocycles. The maximum atomic E-state index is 12.5. The van der Waals surface area contributed by atoms with Crippen LogP contribution in [0.15, 0.2) is 47.1 Å². The van der Waals surface area contributed by atoms with Crippen LogP contribution in [0, 0.1) is 0 Å². The van der Waals surface area contributed by atoms with E-state index >= 15 is 0 Å². The van der Waals surface area contributed by atoms with Crippen LogP contribution < -0.4 is 11.1 Å². The molecular formula is C19H23BrClN5O. The van der Waals surface area contributed by atoms with Crippen molar-refractivity contribution in [3.63, 3.8) is 0 Å². The Hall–Kier alpha value is -1.96. The van der Waals surface area contributed by atoms with E-state index in [0.29, 0.717) is 22.9 Å². The Bertz CT molecular complexity index is 951. The molecule has 1 aromatic carbocycles. The van der Waals surface area contributed by atoms with Gasteiger partial charge in [0.2, 0.25) is 5.91 Å². The Balaban J connectivity index is 0.00000261. The lowest BCUT2D eigenvalue weighted by Crippen LogP contribution is -2.50. The summed E-state index contributed by atoms with van der Waals surface area (Å²) in [5.41, 5.74) is 6.63. The van der Waals surface area contributed by atoms with Crippen molar-refractivity contribution >= 4 is 39.1 Å². The number of nitrogens with two attached hydrogens (primary N) is 1. The Morgan fingerprint density at radius 3 is 2.67 bits per heavy atom. The second-order valence-electron chi connectivity index (χ2n) is 6.68. The van der Waals surface area contributed by atoms with E-state index in [1.165, 1.54) is 0 Å². The lowest BCUT2D eigenvalue weighted by atomic mass is 10.0. The first kappa shape index (κ1) is 21.3. The van der Waals surface area contributed by atoms with Crippen molar-refractivity contribution in [1.82, 2.24) is 19.9 Å². The summed E-state index contributed by atoms with van der Waals surface area (Å²) in [7, 11) is 0. The second kappa shape index (κ2) is 8.37.